The van der Waals surface area contributed by atoms with E-state index in [4.69, 9.17) is 5.73 Å². The number of hydrogen-bond donors (Lipinski definition) is 1. The summed E-state index contributed by atoms with van der Waals surface area (Å²) in [7, 11) is 0. The monoisotopic (exact) mass is 230 g/mol. The summed E-state index contributed by atoms with van der Waals surface area (Å²) in [6, 6.07) is 3.82. The zero-order chi connectivity index (χ0) is 12.3. The number of hydrogen-bond acceptors (Lipinski definition) is 4. The van der Waals surface area contributed by atoms with Gasteiger partial charge in [0.1, 0.15) is 6.29 Å². The number of nitrogens with zero attached hydrogens (tertiary/aromatic N) is 3. The van der Waals surface area contributed by atoms with Crippen molar-refractivity contribution >= 4 is 12.0 Å². The third-order valence-electron chi connectivity index (χ3n) is 2.51. The minimum absolute atomic E-state index is 0.183. The molecule has 2 aromatic heterocycles. The molecule has 2 N–H and O–H groups in total. The van der Waals surface area contributed by atoms with Crippen LogP contribution in [-0.2, 0) is 11.3 Å². The molecule has 2 rings (SSSR count). The zero-order valence-corrected chi connectivity index (χ0v) is 9.58. The van der Waals surface area contributed by atoms with Crippen LogP contribution in [0.3, 0.4) is 0 Å². The molecule has 2 aromatic rings. The molecular formula is C12H14N4O. The minimum Gasteiger partial charge on any atom is -0.396 e. The second-order valence-corrected chi connectivity index (χ2v) is 3.98. The first kappa shape index (κ1) is 11.3. The van der Waals surface area contributed by atoms with E-state index in [9.17, 15) is 4.79 Å². The maximum absolute atomic E-state index is 10.7. The summed E-state index contributed by atoms with van der Waals surface area (Å²) in [6.45, 7) is 2.45. The molecule has 0 amide bonds. The van der Waals surface area contributed by atoms with E-state index in [1.807, 2.05) is 19.1 Å². The van der Waals surface area contributed by atoms with Gasteiger partial charge < -0.3 is 10.5 Å². The number of carbonyl (C=O) groups is 1. The van der Waals surface area contributed by atoms with Crippen molar-refractivity contribution < 1.29 is 4.79 Å². The number of nitrogens with two attached hydrogens (primary N) is 1. The van der Waals surface area contributed by atoms with Gasteiger partial charge in [0.05, 0.1) is 30.0 Å². The van der Waals surface area contributed by atoms with Gasteiger partial charge in [-0.2, -0.15) is 5.10 Å². The Kier molecular flexibility index (Phi) is 3.18. The molecule has 0 bridgehead atoms. The molecule has 17 heavy (non-hydrogen) atoms. The maximum atomic E-state index is 10.7. The van der Waals surface area contributed by atoms with Crippen molar-refractivity contribution in [3.63, 3.8) is 0 Å². The second-order valence-electron chi connectivity index (χ2n) is 3.98. The number of anilines is 1. The van der Waals surface area contributed by atoms with Crippen LogP contribution in [-0.4, -0.2) is 21.1 Å². The first-order valence-corrected chi connectivity index (χ1v) is 5.37. The molecule has 1 unspecified atom stereocenters. The summed E-state index contributed by atoms with van der Waals surface area (Å²) in [6.07, 6.45) is 5.97. The first-order chi connectivity index (χ1) is 8.19. The lowest BCUT2D eigenvalue weighted by Gasteiger charge is -2.06. The van der Waals surface area contributed by atoms with Gasteiger partial charge in [0.15, 0.2) is 0 Å². The lowest BCUT2D eigenvalue weighted by atomic mass is 10.1. The van der Waals surface area contributed by atoms with Gasteiger partial charge >= 0.3 is 0 Å². The van der Waals surface area contributed by atoms with Crippen molar-refractivity contribution in [1.82, 2.24) is 14.8 Å². The van der Waals surface area contributed by atoms with Crippen LogP contribution in [0.25, 0.3) is 0 Å². The van der Waals surface area contributed by atoms with Gasteiger partial charge in [-0.1, -0.05) is 6.92 Å². The van der Waals surface area contributed by atoms with Gasteiger partial charge in [-0.25, -0.2) is 0 Å². The van der Waals surface area contributed by atoms with Crippen molar-refractivity contribution in [2.45, 2.75) is 19.4 Å². The molecule has 1 atom stereocenters. The van der Waals surface area contributed by atoms with Crippen molar-refractivity contribution in [3.05, 3.63) is 42.0 Å². The summed E-state index contributed by atoms with van der Waals surface area (Å²) in [5.41, 5.74) is 8.05. The van der Waals surface area contributed by atoms with Gasteiger partial charge in [0, 0.05) is 12.4 Å². The average molecular weight is 230 g/mol. The predicted molar refractivity (Wildman–Crippen MR) is 64.5 cm³/mol. The molecule has 0 aliphatic carbocycles. The van der Waals surface area contributed by atoms with Crippen LogP contribution < -0.4 is 5.73 Å². The Morgan fingerprint density at radius 1 is 1.59 bits per heavy atom. The van der Waals surface area contributed by atoms with Crippen molar-refractivity contribution in [3.8, 4) is 0 Å². The second kappa shape index (κ2) is 4.78. The summed E-state index contributed by atoms with van der Waals surface area (Å²) < 4.78 is 1.75. The number of rotatable bonds is 4. The van der Waals surface area contributed by atoms with Crippen LogP contribution in [0, 0.1) is 0 Å². The van der Waals surface area contributed by atoms with Gasteiger partial charge in [-0.05, 0) is 17.7 Å². The Balaban J connectivity index is 2.19. The van der Waals surface area contributed by atoms with Crippen molar-refractivity contribution in [2.24, 2.45) is 0 Å². The average Bonchev–Trinajstić information content (AvgIpc) is 2.74. The van der Waals surface area contributed by atoms with E-state index < -0.39 is 0 Å². The van der Waals surface area contributed by atoms with Crippen molar-refractivity contribution in [1.29, 1.82) is 0 Å². The first-order valence-electron chi connectivity index (χ1n) is 5.37. The Labute approximate surface area is 99.3 Å². The van der Waals surface area contributed by atoms with E-state index >= 15 is 0 Å². The van der Waals surface area contributed by atoms with E-state index in [0.29, 0.717) is 12.2 Å². The van der Waals surface area contributed by atoms with E-state index in [0.717, 1.165) is 17.5 Å². The Bertz CT molecular complexity index is 521. The van der Waals surface area contributed by atoms with Crippen molar-refractivity contribution in [2.75, 3.05) is 5.73 Å². The largest absolute Gasteiger partial charge is 0.396 e. The summed E-state index contributed by atoms with van der Waals surface area (Å²) >= 11 is 0. The molecule has 0 aromatic carbocycles. The SMILES string of the molecule is CC(C=O)c1cc(Cn2cc(N)cn2)ccn1. The van der Waals surface area contributed by atoms with E-state index in [-0.39, 0.29) is 5.92 Å². The lowest BCUT2D eigenvalue weighted by Crippen LogP contribution is -2.03. The zero-order valence-electron chi connectivity index (χ0n) is 9.58. The quantitative estimate of drug-likeness (QED) is 0.801. The minimum atomic E-state index is -0.183. The van der Waals surface area contributed by atoms with Crippen LogP contribution >= 0.6 is 0 Å². The van der Waals surface area contributed by atoms with E-state index in [1.165, 1.54) is 0 Å². The van der Waals surface area contributed by atoms with E-state index in [2.05, 4.69) is 10.1 Å². The third kappa shape index (κ3) is 2.69. The number of pyridine rings is 1. The topological polar surface area (TPSA) is 73.8 Å². The van der Waals surface area contributed by atoms with Crippen LogP contribution in [0.5, 0.6) is 0 Å². The lowest BCUT2D eigenvalue weighted by molar-refractivity contribution is -0.108. The predicted octanol–water partition coefficient (Wildman–Crippen LogP) is 1.21. The molecule has 0 saturated carbocycles. The summed E-state index contributed by atoms with van der Waals surface area (Å²) in [5.74, 6) is -0.183. The fourth-order valence-electron chi connectivity index (χ4n) is 1.56. The Morgan fingerprint density at radius 2 is 2.41 bits per heavy atom. The molecule has 0 radical (unpaired) electrons. The Hall–Kier alpha value is -2.17. The van der Waals surface area contributed by atoms with Gasteiger partial charge in [-0.15, -0.1) is 0 Å². The number of carbonyl (C=O) groups excluding carboxylic acids is 1. The van der Waals surface area contributed by atoms with Crippen LogP contribution in [0.4, 0.5) is 5.69 Å². The fraction of sp³-hybridized carbons (Fsp3) is 0.250. The normalized spacial score (nSPS) is 12.3. The molecule has 0 aliphatic rings. The molecule has 88 valence electrons. The highest BCUT2D eigenvalue weighted by Crippen LogP contribution is 2.12. The summed E-state index contributed by atoms with van der Waals surface area (Å²) in [4.78, 5) is 14.9. The van der Waals surface area contributed by atoms with E-state index in [1.54, 1.807) is 23.3 Å². The summed E-state index contributed by atoms with van der Waals surface area (Å²) in [5, 5.41) is 4.11. The van der Waals surface area contributed by atoms with Gasteiger partial charge in [-0.3, -0.25) is 9.67 Å². The molecular weight excluding hydrogens is 216 g/mol. The molecule has 0 saturated heterocycles. The van der Waals surface area contributed by atoms with Crippen LogP contribution in [0.2, 0.25) is 0 Å². The number of aldehydes is 1. The van der Waals surface area contributed by atoms with Crippen LogP contribution in [0.15, 0.2) is 30.7 Å². The molecule has 5 heteroatoms. The molecule has 2 heterocycles. The Morgan fingerprint density at radius 3 is 3.06 bits per heavy atom. The highest BCUT2D eigenvalue weighted by atomic mass is 16.1. The standard InChI is InChI=1S/C12H14N4O/c1-9(8-17)12-4-10(2-3-14-12)6-16-7-11(13)5-15-16/h2-5,7-9H,6,13H2,1H3. The maximum Gasteiger partial charge on any atom is 0.128 e. The highest BCUT2D eigenvalue weighted by Gasteiger charge is 2.06. The molecule has 0 spiro atoms. The molecule has 5 nitrogen and oxygen atoms in total. The smallest absolute Gasteiger partial charge is 0.128 e. The van der Waals surface area contributed by atoms with Gasteiger partial charge in [0.2, 0.25) is 0 Å². The molecule has 0 aliphatic heterocycles. The fourth-order valence-corrected chi connectivity index (χ4v) is 1.56. The number of aromatic nitrogens is 3. The van der Waals surface area contributed by atoms with Crippen LogP contribution in [0.1, 0.15) is 24.1 Å². The molecule has 0 fully saturated rings. The third-order valence-corrected chi connectivity index (χ3v) is 2.51. The highest BCUT2D eigenvalue weighted by molar-refractivity contribution is 5.60. The van der Waals surface area contributed by atoms with Gasteiger partial charge in [0.25, 0.3) is 0 Å². The number of nitrogen functional groups attached to an aromatic ring is 1.